The summed E-state index contributed by atoms with van der Waals surface area (Å²) in [6.07, 6.45) is 3.69. The maximum atomic E-state index is 12.7. The van der Waals surface area contributed by atoms with Crippen molar-refractivity contribution in [3.8, 4) is 11.4 Å². The Balaban J connectivity index is 1.40. The van der Waals surface area contributed by atoms with Gasteiger partial charge in [0, 0.05) is 32.0 Å². The molecule has 0 radical (unpaired) electrons. The lowest BCUT2D eigenvalue weighted by Crippen LogP contribution is -2.50. The van der Waals surface area contributed by atoms with Gasteiger partial charge >= 0.3 is 0 Å². The molecule has 0 unspecified atom stereocenters. The Labute approximate surface area is 158 Å². The Hall–Kier alpha value is -3.12. The number of carbonyl (C=O) groups excluding carboxylic acids is 1. The fraction of sp³-hybridized carbons (Fsp3) is 0.238. The number of anilines is 1. The van der Waals surface area contributed by atoms with E-state index in [9.17, 15) is 4.79 Å². The quantitative estimate of drug-likeness (QED) is 0.700. The van der Waals surface area contributed by atoms with E-state index in [4.69, 9.17) is 4.74 Å². The van der Waals surface area contributed by atoms with Gasteiger partial charge in [-0.15, -0.1) is 0 Å². The number of nitrogens with zero attached hydrogens (tertiary/aromatic N) is 4. The van der Waals surface area contributed by atoms with Crippen LogP contribution in [0, 0.1) is 0 Å². The first-order valence-corrected chi connectivity index (χ1v) is 8.99. The fourth-order valence-electron chi connectivity index (χ4n) is 3.40. The van der Waals surface area contributed by atoms with Gasteiger partial charge in [-0.3, -0.25) is 9.69 Å². The molecule has 1 aliphatic rings. The number of piperazine rings is 1. The predicted octanol–water partition coefficient (Wildman–Crippen LogP) is 2.73. The zero-order chi connectivity index (χ0) is 18.6. The molecule has 1 saturated heterocycles. The number of methoxy groups -OCH3 is 1. The summed E-state index contributed by atoms with van der Waals surface area (Å²) in [6, 6.07) is 17.8. The van der Waals surface area contributed by atoms with E-state index in [2.05, 4.69) is 34.3 Å². The maximum absolute atomic E-state index is 12.7. The number of hydrogen-bond donors (Lipinski definition) is 0. The van der Waals surface area contributed by atoms with Crippen LogP contribution in [0.2, 0.25) is 0 Å². The summed E-state index contributed by atoms with van der Waals surface area (Å²) in [6.45, 7) is 2.64. The van der Waals surface area contributed by atoms with E-state index < -0.39 is 0 Å². The molecular formula is C21H22N4O2. The van der Waals surface area contributed by atoms with E-state index in [0.29, 0.717) is 13.1 Å². The minimum Gasteiger partial charge on any atom is -0.495 e. The number of aromatic nitrogens is 2. The summed E-state index contributed by atoms with van der Waals surface area (Å²) in [5, 5.41) is 4.24. The van der Waals surface area contributed by atoms with Crippen LogP contribution in [0.3, 0.4) is 0 Å². The molecule has 1 fully saturated rings. The van der Waals surface area contributed by atoms with Crippen LogP contribution in [0.1, 0.15) is 5.56 Å². The number of carbonyl (C=O) groups is 1. The molecule has 1 aliphatic heterocycles. The SMILES string of the molecule is COc1ccccc1N1CCN(Cc2ccc(-n3cccn3)cc2)CC1=O. The first-order valence-electron chi connectivity index (χ1n) is 8.99. The second-order valence-corrected chi connectivity index (χ2v) is 6.54. The number of hydrogen-bond acceptors (Lipinski definition) is 4. The molecule has 2 heterocycles. The molecule has 4 rings (SSSR count). The highest BCUT2D eigenvalue weighted by Gasteiger charge is 2.26. The number of rotatable bonds is 5. The molecule has 6 nitrogen and oxygen atoms in total. The molecule has 27 heavy (non-hydrogen) atoms. The zero-order valence-corrected chi connectivity index (χ0v) is 15.3. The second kappa shape index (κ2) is 7.63. The predicted molar refractivity (Wildman–Crippen MR) is 104 cm³/mol. The first kappa shape index (κ1) is 17.3. The van der Waals surface area contributed by atoms with E-state index >= 15 is 0 Å². The minimum absolute atomic E-state index is 0.0962. The van der Waals surface area contributed by atoms with Crippen LogP contribution < -0.4 is 9.64 Å². The van der Waals surface area contributed by atoms with E-state index in [-0.39, 0.29) is 5.91 Å². The Morgan fingerprint density at radius 3 is 2.56 bits per heavy atom. The van der Waals surface area contributed by atoms with Gasteiger partial charge in [-0.25, -0.2) is 4.68 Å². The lowest BCUT2D eigenvalue weighted by molar-refractivity contribution is -0.121. The van der Waals surface area contributed by atoms with Crippen molar-refractivity contribution in [3.05, 3.63) is 72.6 Å². The average Bonchev–Trinajstić information content (AvgIpc) is 3.24. The molecule has 1 amide bonds. The third-order valence-electron chi connectivity index (χ3n) is 4.79. The van der Waals surface area contributed by atoms with E-state index in [1.807, 2.05) is 46.1 Å². The third kappa shape index (κ3) is 3.71. The monoisotopic (exact) mass is 362 g/mol. The van der Waals surface area contributed by atoms with Gasteiger partial charge in [0.1, 0.15) is 5.75 Å². The van der Waals surface area contributed by atoms with Gasteiger partial charge in [-0.1, -0.05) is 24.3 Å². The summed E-state index contributed by atoms with van der Waals surface area (Å²) in [5.74, 6) is 0.826. The Kier molecular flexibility index (Phi) is 4.89. The van der Waals surface area contributed by atoms with Crippen LogP contribution in [-0.2, 0) is 11.3 Å². The summed E-state index contributed by atoms with van der Waals surface area (Å²) in [4.78, 5) is 16.7. The molecule has 138 valence electrons. The zero-order valence-electron chi connectivity index (χ0n) is 15.3. The van der Waals surface area contributed by atoms with Crippen LogP contribution >= 0.6 is 0 Å². The fourth-order valence-corrected chi connectivity index (χ4v) is 3.40. The smallest absolute Gasteiger partial charge is 0.241 e. The van der Waals surface area contributed by atoms with Gasteiger partial charge in [0.2, 0.25) is 5.91 Å². The van der Waals surface area contributed by atoms with Gasteiger partial charge in [0.15, 0.2) is 0 Å². The lowest BCUT2D eigenvalue weighted by Gasteiger charge is -2.34. The summed E-state index contributed by atoms with van der Waals surface area (Å²) < 4.78 is 7.23. The average molecular weight is 362 g/mol. The van der Waals surface area contributed by atoms with E-state index in [1.165, 1.54) is 5.56 Å². The standard InChI is InChI=1S/C21H22N4O2/c1-27-20-6-3-2-5-19(20)24-14-13-23(16-21(24)26)15-17-7-9-18(10-8-17)25-12-4-11-22-25/h2-12H,13-16H2,1H3. The highest BCUT2D eigenvalue weighted by Crippen LogP contribution is 2.29. The van der Waals surface area contributed by atoms with Crippen molar-refractivity contribution >= 4 is 11.6 Å². The van der Waals surface area contributed by atoms with Gasteiger partial charge in [-0.05, 0) is 35.9 Å². The highest BCUT2D eigenvalue weighted by molar-refractivity contribution is 5.96. The highest BCUT2D eigenvalue weighted by atomic mass is 16.5. The van der Waals surface area contributed by atoms with Gasteiger partial charge in [-0.2, -0.15) is 5.10 Å². The third-order valence-corrected chi connectivity index (χ3v) is 4.79. The number of amides is 1. The van der Waals surface area contributed by atoms with Gasteiger partial charge in [0.25, 0.3) is 0 Å². The van der Waals surface area contributed by atoms with Crippen molar-refractivity contribution in [2.75, 3.05) is 31.6 Å². The summed E-state index contributed by atoms with van der Waals surface area (Å²) in [5.41, 5.74) is 3.05. The largest absolute Gasteiger partial charge is 0.495 e. The molecule has 1 aromatic heterocycles. The minimum atomic E-state index is 0.0962. The van der Waals surface area contributed by atoms with Crippen LogP contribution in [0.5, 0.6) is 5.75 Å². The Bertz CT molecular complexity index is 906. The topological polar surface area (TPSA) is 50.6 Å². The molecule has 3 aromatic rings. The molecule has 0 bridgehead atoms. The van der Waals surface area contributed by atoms with E-state index in [0.717, 1.165) is 30.2 Å². The number of para-hydroxylation sites is 2. The van der Waals surface area contributed by atoms with Gasteiger partial charge in [0.05, 0.1) is 25.0 Å². The Morgan fingerprint density at radius 2 is 1.85 bits per heavy atom. The molecule has 0 aliphatic carbocycles. The van der Waals surface area contributed by atoms with Crippen molar-refractivity contribution < 1.29 is 9.53 Å². The lowest BCUT2D eigenvalue weighted by atomic mass is 10.1. The van der Waals surface area contributed by atoms with Crippen LogP contribution in [0.25, 0.3) is 5.69 Å². The molecule has 0 spiro atoms. The first-order chi connectivity index (χ1) is 13.2. The summed E-state index contributed by atoms with van der Waals surface area (Å²) in [7, 11) is 1.63. The number of benzene rings is 2. The second-order valence-electron chi connectivity index (χ2n) is 6.54. The Morgan fingerprint density at radius 1 is 1.04 bits per heavy atom. The van der Waals surface area contributed by atoms with Gasteiger partial charge < -0.3 is 9.64 Å². The normalized spacial score (nSPS) is 15.1. The van der Waals surface area contributed by atoms with Crippen molar-refractivity contribution in [3.63, 3.8) is 0 Å². The van der Waals surface area contributed by atoms with Crippen LogP contribution in [0.15, 0.2) is 67.0 Å². The van der Waals surface area contributed by atoms with Crippen molar-refractivity contribution in [2.45, 2.75) is 6.54 Å². The molecule has 6 heteroatoms. The molecule has 2 aromatic carbocycles. The molecule has 0 atom stereocenters. The van der Waals surface area contributed by atoms with Crippen molar-refractivity contribution in [2.24, 2.45) is 0 Å². The van der Waals surface area contributed by atoms with Crippen molar-refractivity contribution in [1.29, 1.82) is 0 Å². The summed E-state index contributed by atoms with van der Waals surface area (Å²) >= 11 is 0. The van der Waals surface area contributed by atoms with Crippen molar-refractivity contribution in [1.82, 2.24) is 14.7 Å². The van der Waals surface area contributed by atoms with E-state index in [1.54, 1.807) is 13.3 Å². The number of ether oxygens (including phenoxy) is 1. The maximum Gasteiger partial charge on any atom is 0.241 e. The molecule has 0 N–H and O–H groups in total. The van der Waals surface area contributed by atoms with Crippen LogP contribution in [0.4, 0.5) is 5.69 Å². The molecule has 0 saturated carbocycles. The van der Waals surface area contributed by atoms with Crippen LogP contribution in [-0.4, -0.2) is 47.3 Å². The molecular weight excluding hydrogens is 340 g/mol.